The largest absolute Gasteiger partial charge is 0.474 e. The highest BCUT2D eigenvalue weighted by molar-refractivity contribution is 5.84. The lowest BCUT2D eigenvalue weighted by atomic mass is 9.87. The molecule has 33 heavy (non-hydrogen) atoms. The van der Waals surface area contributed by atoms with Crippen molar-refractivity contribution < 1.29 is 19.4 Å². The highest BCUT2D eigenvalue weighted by atomic mass is 16.5. The summed E-state index contributed by atoms with van der Waals surface area (Å²) in [6, 6.07) is 1.79. The highest BCUT2D eigenvalue weighted by Gasteiger charge is 2.40. The standard InChI is InChI=1S/C22H31N7O4/c1-4-22(2,31)19(30)28(3)15-9-16(10-15)33-18-11-17(14-12-24-20(23)25-13-14)26-21(27-18)29-5-7-32-8-6-29/h11-13,15-16,31H,4-10H2,1-3H3,(H2,23,24,25)/t15-,16-,22-/m0/s1. The molecule has 0 spiro atoms. The Labute approximate surface area is 193 Å². The minimum Gasteiger partial charge on any atom is -0.474 e. The smallest absolute Gasteiger partial charge is 0.254 e. The Morgan fingerprint density at radius 2 is 1.97 bits per heavy atom. The maximum absolute atomic E-state index is 12.5. The fourth-order valence-electron chi connectivity index (χ4n) is 3.81. The number of aromatic nitrogens is 4. The molecular weight excluding hydrogens is 426 g/mol. The summed E-state index contributed by atoms with van der Waals surface area (Å²) in [6.07, 6.45) is 4.86. The van der Waals surface area contributed by atoms with Gasteiger partial charge in [-0.15, -0.1) is 0 Å². The number of hydrogen-bond donors (Lipinski definition) is 2. The summed E-state index contributed by atoms with van der Waals surface area (Å²) in [5, 5.41) is 10.3. The molecule has 11 nitrogen and oxygen atoms in total. The van der Waals surface area contributed by atoms with Crippen molar-refractivity contribution in [1.29, 1.82) is 0 Å². The molecule has 0 aromatic carbocycles. The molecule has 0 bridgehead atoms. The average Bonchev–Trinajstić information content (AvgIpc) is 2.81. The summed E-state index contributed by atoms with van der Waals surface area (Å²) in [7, 11) is 1.73. The number of carbonyl (C=O) groups excluding carboxylic acids is 1. The SMILES string of the molecule is CC[C@](C)(O)C(=O)N(C)[C@H]1C[C@H](Oc2cc(-c3cnc(N)nc3)nc(N3CCOCC3)n2)C1. The van der Waals surface area contributed by atoms with Crippen LogP contribution in [0.4, 0.5) is 11.9 Å². The predicted molar refractivity (Wildman–Crippen MR) is 122 cm³/mol. The number of nitrogens with zero attached hydrogens (tertiary/aromatic N) is 6. The molecule has 1 amide bonds. The monoisotopic (exact) mass is 457 g/mol. The third kappa shape index (κ3) is 5.14. The van der Waals surface area contributed by atoms with Crippen LogP contribution in [0, 0.1) is 0 Å². The van der Waals surface area contributed by atoms with Gasteiger partial charge in [-0.05, 0) is 13.3 Å². The Balaban J connectivity index is 1.49. The molecule has 0 radical (unpaired) electrons. The van der Waals surface area contributed by atoms with E-state index in [1.807, 2.05) is 0 Å². The van der Waals surface area contributed by atoms with E-state index in [-0.39, 0.29) is 24.0 Å². The third-order valence-corrected chi connectivity index (χ3v) is 6.33. The van der Waals surface area contributed by atoms with Crippen LogP contribution in [-0.2, 0) is 9.53 Å². The first-order valence-electron chi connectivity index (χ1n) is 11.2. The third-order valence-electron chi connectivity index (χ3n) is 6.33. The van der Waals surface area contributed by atoms with Crippen molar-refractivity contribution in [1.82, 2.24) is 24.8 Å². The molecular formula is C22H31N7O4. The first-order chi connectivity index (χ1) is 15.8. The van der Waals surface area contributed by atoms with Gasteiger partial charge in [-0.3, -0.25) is 4.79 Å². The van der Waals surface area contributed by atoms with Crippen molar-refractivity contribution >= 4 is 17.8 Å². The number of nitrogen functional groups attached to an aromatic ring is 1. The van der Waals surface area contributed by atoms with Crippen LogP contribution < -0.4 is 15.4 Å². The minimum atomic E-state index is -1.35. The summed E-state index contributed by atoms with van der Waals surface area (Å²) in [5.74, 6) is 0.940. The number of hydrogen-bond acceptors (Lipinski definition) is 10. The van der Waals surface area contributed by atoms with E-state index < -0.39 is 5.60 Å². The molecule has 1 aliphatic carbocycles. The van der Waals surface area contributed by atoms with Crippen LogP contribution in [0.2, 0.25) is 0 Å². The number of likely N-dealkylation sites (N-methyl/N-ethyl adjacent to an activating group) is 1. The van der Waals surface area contributed by atoms with Crippen LogP contribution >= 0.6 is 0 Å². The van der Waals surface area contributed by atoms with Crippen LogP contribution in [-0.4, -0.2) is 86.9 Å². The number of nitrogens with two attached hydrogens (primary N) is 1. The van der Waals surface area contributed by atoms with Gasteiger partial charge >= 0.3 is 0 Å². The van der Waals surface area contributed by atoms with Gasteiger partial charge in [0.2, 0.25) is 17.8 Å². The number of amides is 1. The van der Waals surface area contributed by atoms with Gasteiger partial charge in [-0.25, -0.2) is 15.0 Å². The molecule has 1 saturated carbocycles. The molecule has 1 atom stereocenters. The molecule has 11 heteroatoms. The summed E-state index contributed by atoms with van der Waals surface area (Å²) in [6.45, 7) is 5.95. The zero-order valence-corrected chi connectivity index (χ0v) is 19.3. The highest BCUT2D eigenvalue weighted by Crippen LogP contribution is 2.32. The van der Waals surface area contributed by atoms with Gasteiger partial charge < -0.3 is 30.1 Å². The molecule has 4 rings (SSSR count). The summed E-state index contributed by atoms with van der Waals surface area (Å²) in [4.78, 5) is 33.6. The fraction of sp³-hybridized carbons (Fsp3) is 0.591. The average molecular weight is 458 g/mol. The fourth-order valence-corrected chi connectivity index (χ4v) is 3.81. The van der Waals surface area contributed by atoms with Gasteiger partial charge in [0, 0.05) is 63.0 Å². The Bertz CT molecular complexity index is 973. The zero-order chi connectivity index (χ0) is 23.6. The quantitative estimate of drug-likeness (QED) is 0.616. The number of ether oxygens (including phenoxy) is 2. The molecule has 178 valence electrons. The van der Waals surface area contributed by atoms with E-state index in [0.717, 1.165) is 0 Å². The van der Waals surface area contributed by atoms with Gasteiger partial charge in [0.05, 0.1) is 18.9 Å². The van der Waals surface area contributed by atoms with Crippen molar-refractivity contribution in [2.45, 2.75) is 50.9 Å². The van der Waals surface area contributed by atoms with Crippen LogP contribution in [0.3, 0.4) is 0 Å². The van der Waals surface area contributed by atoms with Gasteiger partial charge in [0.1, 0.15) is 11.7 Å². The van der Waals surface area contributed by atoms with Crippen LogP contribution in [0.25, 0.3) is 11.3 Å². The van der Waals surface area contributed by atoms with Crippen LogP contribution in [0.15, 0.2) is 18.5 Å². The van der Waals surface area contributed by atoms with E-state index >= 15 is 0 Å². The van der Waals surface area contributed by atoms with Crippen molar-refractivity contribution in [2.75, 3.05) is 44.0 Å². The van der Waals surface area contributed by atoms with E-state index in [1.165, 1.54) is 0 Å². The molecule has 3 heterocycles. The lowest BCUT2D eigenvalue weighted by Crippen LogP contribution is -2.55. The van der Waals surface area contributed by atoms with Gasteiger partial charge in [-0.2, -0.15) is 4.98 Å². The van der Waals surface area contributed by atoms with Gasteiger partial charge in [0.15, 0.2) is 0 Å². The molecule has 2 fully saturated rings. The van der Waals surface area contributed by atoms with Crippen molar-refractivity contribution in [2.24, 2.45) is 0 Å². The second-order valence-corrected chi connectivity index (χ2v) is 8.73. The Morgan fingerprint density at radius 3 is 2.61 bits per heavy atom. The summed E-state index contributed by atoms with van der Waals surface area (Å²) in [5.41, 5.74) is 5.63. The van der Waals surface area contributed by atoms with E-state index in [1.54, 1.807) is 44.3 Å². The number of morpholine rings is 1. The number of carbonyl (C=O) groups is 1. The maximum atomic E-state index is 12.5. The van der Waals surface area contributed by atoms with E-state index in [4.69, 9.17) is 15.2 Å². The van der Waals surface area contributed by atoms with E-state index in [2.05, 4.69) is 24.8 Å². The van der Waals surface area contributed by atoms with Crippen LogP contribution in [0.1, 0.15) is 33.1 Å². The summed E-state index contributed by atoms with van der Waals surface area (Å²) < 4.78 is 11.6. The van der Waals surface area contributed by atoms with Crippen molar-refractivity contribution in [3.8, 4) is 17.1 Å². The molecule has 1 aliphatic heterocycles. The number of anilines is 2. The Hall–Kier alpha value is -3.05. The molecule has 2 aromatic heterocycles. The first-order valence-corrected chi connectivity index (χ1v) is 11.2. The maximum Gasteiger partial charge on any atom is 0.254 e. The molecule has 3 N–H and O–H groups in total. The first kappa shape index (κ1) is 23.1. The molecule has 2 aliphatic rings. The molecule has 1 saturated heterocycles. The minimum absolute atomic E-state index is 0.0195. The number of rotatable bonds is 7. The second-order valence-electron chi connectivity index (χ2n) is 8.73. The van der Waals surface area contributed by atoms with Gasteiger partial charge in [-0.1, -0.05) is 6.92 Å². The van der Waals surface area contributed by atoms with Gasteiger partial charge in [0.25, 0.3) is 5.91 Å². The topological polar surface area (TPSA) is 140 Å². The van der Waals surface area contributed by atoms with Crippen molar-refractivity contribution in [3.05, 3.63) is 18.5 Å². The van der Waals surface area contributed by atoms with Crippen LogP contribution in [0.5, 0.6) is 5.88 Å². The van der Waals surface area contributed by atoms with E-state index in [9.17, 15) is 9.90 Å². The summed E-state index contributed by atoms with van der Waals surface area (Å²) >= 11 is 0. The second kappa shape index (κ2) is 9.44. The van der Waals surface area contributed by atoms with Crippen molar-refractivity contribution in [3.63, 3.8) is 0 Å². The van der Waals surface area contributed by atoms with E-state index in [0.29, 0.717) is 68.7 Å². The molecule has 2 aromatic rings. The zero-order valence-electron chi connectivity index (χ0n) is 19.3. The normalized spacial score (nSPS) is 22.2. The lowest BCUT2D eigenvalue weighted by Gasteiger charge is -2.42. The Kier molecular flexibility index (Phi) is 6.61. The lowest BCUT2D eigenvalue weighted by molar-refractivity contribution is -0.154. The molecule has 0 unspecified atom stereocenters. The number of aliphatic hydroxyl groups is 1. The predicted octanol–water partition coefficient (Wildman–Crippen LogP) is 0.882. The Morgan fingerprint density at radius 1 is 1.30 bits per heavy atom.